The van der Waals surface area contributed by atoms with Crippen molar-refractivity contribution in [1.29, 1.82) is 0 Å². The van der Waals surface area contributed by atoms with Crippen LogP contribution in [0.4, 0.5) is 5.69 Å². The average molecular weight is 313 g/mol. The summed E-state index contributed by atoms with van der Waals surface area (Å²) in [6.07, 6.45) is 3.85. The van der Waals surface area contributed by atoms with E-state index < -0.39 is 0 Å². The number of rotatable bonds is 5. The third-order valence-electron chi connectivity index (χ3n) is 3.56. The molecule has 1 aromatic heterocycles. The second-order valence-corrected chi connectivity index (χ2v) is 5.42. The lowest BCUT2D eigenvalue weighted by Crippen LogP contribution is -2.17. The molecule has 6 nitrogen and oxygen atoms in total. The second-order valence-electron chi connectivity index (χ2n) is 5.42. The molecule has 0 aliphatic carbocycles. The molecular formula is C17H19N3O3. The Hall–Kier alpha value is -2.47. The molecule has 0 radical (unpaired) electrons. The number of aryl methyl sites for hydroxylation is 1. The zero-order valence-electron chi connectivity index (χ0n) is 13.0. The normalized spacial score (nSPS) is 17.0. The van der Waals surface area contributed by atoms with Crippen molar-refractivity contribution in [2.45, 2.75) is 25.9 Å². The van der Waals surface area contributed by atoms with Gasteiger partial charge in [-0.05, 0) is 38.0 Å². The number of benzene rings is 1. The van der Waals surface area contributed by atoms with Crippen LogP contribution in [0.1, 0.15) is 29.2 Å². The van der Waals surface area contributed by atoms with Crippen molar-refractivity contribution in [3.05, 3.63) is 48.0 Å². The highest BCUT2D eigenvalue weighted by atomic mass is 16.5. The molecule has 120 valence electrons. The fraction of sp³-hybridized carbons (Fsp3) is 0.353. The summed E-state index contributed by atoms with van der Waals surface area (Å²) in [5.74, 6) is 0.996. The number of nitrogens with zero attached hydrogens (tertiary/aromatic N) is 2. The summed E-state index contributed by atoms with van der Waals surface area (Å²) in [5, 5.41) is 2.81. The lowest BCUT2D eigenvalue weighted by atomic mass is 10.2. The SMILES string of the molecule is Cc1nccc(C(=O)Nc2cccc(OC[C@H]3CCCO3)c2)n1. The maximum Gasteiger partial charge on any atom is 0.274 e. The predicted molar refractivity (Wildman–Crippen MR) is 85.6 cm³/mol. The summed E-state index contributed by atoms with van der Waals surface area (Å²) in [5.41, 5.74) is 0.999. The number of amides is 1. The summed E-state index contributed by atoms with van der Waals surface area (Å²) in [4.78, 5) is 20.3. The van der Waals surface area contributed by atoms with Gasteiger partial charge in [-0.1, -0.05) is 6.07 Å². The van der Waals surface area contributed by atoms with Gasteiger partial charge in [0, 0.05) is 24.6 Å². The third-order valence-corrected chi connectivity index (χ3v) is 3.56. The zero-order valence-corrected chi connectivity index (χ0v) is 13.0. The Morgan fingerprint density at radius 2 is 2.35 bits per heavy atom. The summed E-state index contributed by atoms with van der Waals surface area (Å²) >= 11 is 0. The van der Waals surface area contributed by atoms with E-state index in [1.807, 2.05) is 18.2 Å². The van der Waals surface area contributed by atoms with E-state index in [2.05, 4.69) is 15.3 Å². The first kappa shape index (κ1) is 15.4. The topological polar surface area (TPSA) is 73.3 Å². The molecule has 1 aromatic carbocycles. The summed E-state index contributed by atoms with van der Waals surface area (Å²) < 4.78 is 11.3. The zero-order chi connectivity index (χ0) is 16.1. The van der Waals surface area contributed by atoms with E-state index in [1.165, 1.54) is 0 Å². The molecule has 0 saturated carbocycles. The molecule has 1 aliphatic heterocycles. The van der Waals surface area contributed by atoms with Crippen molar-refractivity contribution in [1.82, 2.24) is 9.97 Å². The van der Waals surface area contributed by atoms with Gasteiger partial charge in [0.25, 0.3) is 5.91 Å². The molecule has 3 rings (SSSR count). The average Bonchev–Trinajstić information content (AvgIpc) is 3.07. The Labute approximate surface area is 134 Å². The molecule has 1 atom stereocenters. The van der Waals surface area contributed by atoms with Crippen LogP contribution in [0.25, 0.3) is 0 Å². The van der Waals surface area contributed by atoms with Crippen LogP contribution in [-0.2, 0) is 4.74 Å². The first-order chi connectivity index (χ1) is 11.2. The Balaban J connectivity index is 1.61. The van der Waals surface area contributed by atoms with E-state index in [0.29, 0.717) is 29.6 Å². The monoisotopic (exact) mass is 313 g/mol. The largest absolute Gasteiger partial charge is 0.491 e. The van der Waals surface area contributed by atoms with Crippen molar-refractivity contribution in [2.24, 2.45) is 0 Å². The molecule has 2 aromatic rings. The molecule has 1 aliphatic rings. The number of carbonyl (C=O) groups is 1. The predicted octanol–water partition coefficient (Wildman–Crippen LogP) is 2.60. The van der Waals surface area contributed by atoms with Gasteiger partial charge in [-0.3, -0.25) is 4.79 Å². The summed E-state index contributed by atoms with van der Waals surface area (Å²) in [6.45, 7) is 3.08. The van der Waals surface area contributed by atoms with Crippen LogP contribution in [0.15, 0.2) is 36.5 Å². The quantitative estimate of drug-likeness (QED) is 0.918. The molecule has 6 heteroatoms. The first-order valence-corrected chi connectivity index (χ1v) is 7.66. The van der Waals surface area contributed by atoms with Crippen molar-refractivity contribution in [3.8, 4) is 5.75 Å². The lowest BCUT2D eigenvalue weighted by molar-refractivity contribution is 0.0680. The minimum absolute atomic E-state index is 0.164. The Bertz CT molecular complexity index is 684. The first-order valence-electron chi connectivity index (χ1n) is 7.66. The highest BCUT2D eigenvalue weighted by molar-refractivity contribution is 6.02. The maximum absolute atomic E-state index is 12.2. The molecule has 0 unspecified atom stereocenters. The fourth-order valence-corrected chi connectivity index (χ4v) is 2.41. The highest BCUT2D eigenvalue weighted by Crippen LogP contribution is 2.20. The Morgan fingerprint density at radius 3 is 3.13 bits per heavy atom. The van der Waals surface area contributed by atoms with Crippen LogP contribution in [0, 0.1) is 6.92 Å². The lowest BCUT2D eigenvalue weighted by Gasteiger charge is -2.12. The van der Waals surface area contributed by atoms with Crippen LogP contribution in [-0.4, -0.2) is 35.2 Å². The number of hydrogen-bond donors (Lipinski definition) is 1. The molecule has 2 heterocycles. The van der Waals surface area contributed by atoms with Crippen molar-refractivity contribution >= 4 is 11.6 Å². The van der Waals surface area contributed by atoms with Crippen LogP contribution < -0.4 is 10.1 Å². The van der Waals surface area contributed by atoms with Gasteiger partial charge >= 0.3 is 0 Å². The number of hydrogen-bond acceptors (Lipinski definition) is 5. The van der Waals surface area contributed by atoms with E-state index in [0.717, 1.165) is 19.4 Å². The van der Waals surface area contributed by atoms with E-state index in [-0.39, 0.29) is 12.0 Å². The van der Waals surface area contributed by atoms with Gasteiger partial charge < -0.3 is 14.8 Å². The highest BCUT2D eigenvalue weighted by Gasteiger charge is 2.16. The smallest absolute Gasteiger partial charge is 0.274 e. The summed E-state index contributed by atoms with van der Waals surface area (Å²) in [6, 6.07) is 8.89. The van der Waals surface area contributed by atoms with Gasteiger partial charge in [0.2, 0.25) is 0 Å². The second kappa shape index (κ2) is 7.19. The number of ether oxygens (including phenoxy) is 2. The molecule has 23 heavy (non-hydrogen) atoms. The van der Waals surface area contributed by atoms with E-state index in [4.69, 9.17) is 9.47 Å². The number of anilines is 1. The maximum atomic E-state index is 12.2. The minimum Gasteiger partial charge on any atom is -0.491 e. The standard InChI is InChI=1S/C17H19N3O3/c1-12-18-8-7-16(19-12)17(21)20-13-4-2-5-14(10-13)23-11-15-6-3-9-22-15/h2,4-5,7-8,10,15H,3,6,9,11H2,1H3,(H,20,21)/t15-/m1/s1. The Morgan fingerprint density at radius 1 is 1.43 bits per heavy atom. The third kappa shape index (κ3) is 4.26. The molecule has 1 N–H and O–H groups in total. The van der Waals surface area contributed by atoms with Crippen molar-refractivity contribution in [2.75, 3.05) is 18.5 Å². The molecule has 0 spiro atoms. The van der Waals surface area contributed by atoms with Crippen molar-refractivity contribution in [3.63, 3.8) is 0 Å². The number of aromatic nitrogens is 2. The van der Waals surface area contributed by atoms with E-state index >= 15 is 0 Å². The van der Waals surface area contributed by atoms with Crippen LogP contribution in [0.5, 0.6) is 5.75 Å². The molecule has 1 fully saturated rings. The van der Waals surface area contributed by atoms with Crippen LogP contribution in [0.3, 0.4) is 0 Å². The van der Waals surface area contributed by atoms with Gasteiger partial charge in [0.15, 0.2) is 0 Å². The molecule has 1 amide bonds. The van der Waals surface area contributed by atoms with E-state index in [9.17, 15) is 4.79 Å². The van der Waals surface area contributed by atoms with Gasteiger partial charge in [-0.25, -0.2) is 9.97 Å². The summed E-state index contributed by atoms with van der Waals surface area (Å²) in [7, 11) is 0. The van der Waals surface area contributed by atoms with Crippen LogP contribution >= 0.6 is 0 Å². The van der Waals surface area contributed by atoms with Gasteiger partial charge in [0.1, 0.15) is 23.9 Å². The molecular weight excluding hydrogens is 294 g/mol. The minimum atomic E-state index is -0.272. The van der Waals surface area contributed by atoms with Gasteiger partial charge in [-0.2, -0.15) is 0 Å². The van der Waals surface area contributed by atoms with Crippen molar-refractivity contribution < 1.29 is 14.3 Å². The van der Waals surface area contributed by atoms with Gasteiger partial charge in [0.05, 0.1) is 6.10 Å². The van der Waals surface area contributed by atoms with Gasteiger partial charge in [-0.15, -0.1) is 0 Å². The van der Waals surface area contributed by atoms with Crippen LogP contribution in [0.2, 0.25) is 0 Å². The fourth-order valence-electron chi connectivity index (χ4n) is 2.41. The Kier molecular flexibility index (Phi) is 4.83. The molecule has 1 saturated heterocycles. The number of carbonyl (C=O) groups excluding carboxylic acids is 1. The molecule has 0 bridgehead atoms. The number of nitrogens with one attached hydrogen (secondary N) is 1. The van der Waals surface area contributed by atoms with E-state index in [1.54, 1.807) is 25.3 Å².